The van der Waals surface area contributed by atoms with Gasteiger partial charge in [0.15, 0.2) is 0 Å². The monoisotopic (exact) mass is 349 g/mol. The number of fused-ring (bicyclic) bond motifs is 1. The first-order valence-corrected chi connectivity index (χ1v) is 8.91. The van der Waals surface area contributed by atoms with Gasteiger partial charge in [0.25, 0.3) is 0 Å². The van der Waals surface area contributed by atoms with Crippen LogP contribution in [0.1, 0.15) is 45.8 Å². The summed E-state index contributed by atoms with van der Waals surface area (Å²) in [5.74, 6) is 0. The summed E-state index contributed by atoms with van der Waals surface area (Å²) in [6.45, 7) is 5.33. The molecule has 1 nitrogen and oxygen atoms in total. The summed E-state index contributed by atoms with van der Waals surface area (Å²) in [5.41, 5.74) is 4.51. The van der Waals surface area contributed by atoms with Gasteiger partial charge in [-0.1, -0.05) is 25.1 Å². The third-order valence-corrected chi connectivity index (χ3v) is 6.23. The fraction of sp³-hybridized carbons (Fsp3) is 0.412. The molecular weight excluding hydrogens is 330 g/mol. The lowest BCUT2D eigenvalue weighted by Crippen LogP contribution is -2.21. The summed E-state index contributed by atoms with van der Waals surface area (Å²) in [4.78, 5) is 2.75. The molecule has 0 saturated heterocycles. The zero-order chi connectivity index (χ0) is 14.1. The van der Waals surface area contributed by atoms with Crippen molar-refractivity contribution in [3.8, 4) is 0 Å². The van der Waals surface area contributed by atoms with E-state index >= 15 is 0 Å². The van der Waals surface area contributed by atoms with Crippen LogP contribution >= 0.6 is 27.3 Å². The van der Waals surface area contributed by atoms with E-state index in [1.807, 2.05) is 11.3 Å². The number of aryl methyl sites for hydroxylation is 3. The number of hydrogen-bond acceptors (Lipinski definition) is 2. The summed E-state index contributed by atoms with van der Waals surface area (Å²) in [7, 11) is 0. The summed E-state index contributed by atoms with van der Waals surface area (Å²) in [6, 6.07) is 9.64. The zero-order valence-electron chi connectivity index (χ0n) is 12.0. The van der Waals surface area contributed by atoms with E-state index in [0.29, 0.717) is 6.04 Å². The maximum Gasteiger partial charge on any atom is 0.0671 e. The third kappa shape index (κ3) is 2.72. The lowest BCUT2D eigenvalue weighted by molar-refractivity contribution is 0.639. The topological polar surface area (TPSA) is 12.0 Å². The van der Waals surface area contributed by atoms with Crippen molar-refractivity contribution in [2.24, 2.45) is 0 Å². The molecule has 1 N–H and O–H groups in total. The summed E-state index contributed by atoms with van der Waals surface area (Å²) >= 11 is 5.52. The molecule has 0 radical (unpaired) electrons. The fourth-order valence-corrected chi connectivity index (χ4v) is 4.65. The van der Waals surface area contributed by atoms with E-state index in [9.17, 15) is 0 Å². The van der Waals surface area contributed by atoms with Gasteiger partial charge in [-0.05, 0) is 71.4 Å². The Labute approximate surface area is 133 Å². The number of halogens is 1. The SMILES string of the molecule is CCNC(c1ccc2c(c1)CCC2)c1cc(Br)c(C)s1. The molecule has 1 aliphatic rings. The van der Waals surface area contributed by atoms with E-state index in [4.69, 9.17) is 0 Å². The first kappa shape index (κ1) is 14.3. The molecule has 20 heavy (non-hydrogen) atoms. The normalized spacial score (nSPS) is 15.3. The molecule has 3 rings (SSSR count). The lowest BCUT2D eigenvalue weighted by Gasteiger charge is -2.18. The molecule has 0 aliphatic heterocycles. The van der Waals surface area contributed by atoms with Crippen LogP contribution in [-0.2, 0) is 12.8 Å². The minimum Gasteiger partial charge on any atom is -0.306 e. The van der Waals surface area contributed by atoms with Gasteiger partial charge in [0.2, 0.25) is 0 Å². The smallest absolute Gasteiger partial charge is 0.0671 e. The Morgan fingerprint density at radius 3 is 2.75 bits per heavy atom. The molecule has 0 fully saturated rings. The number of hydrogen-bond donors (Lipinski definition) is 1. The van der Waals surface area contributed by atoms with Crippen LogP contribution in [0.15, 0.2) is 28.7 Å². The highest BCUT2D eigenvalue weighted by Gasteiger charge is 2.19. The van der Waals surface area contributed by atoms with Crippen molar-refractivity contribution in [2.45, 2.75) is 39.2 Å². The first-order chi connectivity index (χ1) is 9.69. The lowest BCUT2D eigenvalue weighted by atomic mass is 10.00. The number of benzene rings is 1. The number of rotatable bonds is 4. The molecule has 1 aromatic heterocycles. The molecule has 0 amide bonds. The number of thiophene rings is 1. The fourth-order valence-electron chi connectivity index (χ4n) is 2.98. The highest BCUT2D eigenvalue weighted by Crippen LogP contribution is 2.35. The van der Waals surface area contributed by atoms with Gasteiger partial charge >= 0.3 is 0 Å². The minimum atomic E-state index is 0.320. The van der Waals surface area contributed by atoms with Crippen LogP contribution in [0.25, 0.3) is 0 Å². The second-order valence-electron chi connectivity index (χ2n) is 5.43. The van der Waals surface area contributed by atoms with Crippen molar-refractivity contribution in [1.29, 1.82) is 0 Å². The second-order valence-corrected chi connectivity index (χ2v) is 7.57. The van der Waals surface area contributed by atoms with Crippen LogP contribution in [-0.4, -0.2) is 6.54 Å². The van der Waals surface area contributed by atoms with Crippen LogP contribution < -0.4 is 5.32 Å². The molecule has 0 saturated carbocycles. The van der Waals surface area contributed by atoms with Crippen LogP contribution in [0.2, 0.25) is 0 Å². The van der Waals surface area contributed by atoms with Crippen molar-refractivity contribution in [2.75, 3.05) is 6.54 Å². The zero-order valence-corrected chi connectivity index (χ0v) is 14.4. The average Bonchev–Trinajstić information content (AvgIpc) is 3.02. The molecule has 0 bridgehead atoms. The molecule has 0 spiro atoms. The van der Waals surface area contributed by atoms with E-state index < -0.39 is 0 Å². The van der Waals surface area contributed by atoms with E-state index in [2.05, 4.69) is 59.4 Å². The van der Waals surface area contributed by atoms with Crippen molar-refractivity contribution < 1.29 is 0 Å². The summed E-state index contributed by atoms with van der Waals surface area (Å²) in [6.07, 6.45) is 3.81. The van der Waals surface area contributed by atoms with Crippen LogP contribution in [0.5, 0.6) is 0 Å². The van der Waals surface area contributed by atoms with Crippen molar-refractivity contribution >= 4 is 27.3 Å². The predicted octanol–water partition coefficient (Wildman–Crippen LogP) is 5.01. The number of nitrogens with one attached hydrogen (secondary N) is 1. The van der Waals surface area contributed by atoms with Gasteiger partial charge < -0.3 is 5.32 Å². The van der Waals surface area contributed by atoms with E-state index in [1.165, 1.54) is 39.1 Å². The van der Waals surface area contributed by atoms with Crippen molar-refractivity contribution in [3.05, 3.63) is 55.2 Å². The maximum absolute atomic E-state index is 3.64. The molecule has 1 aliphatic carbocycles. The predicted molar refractivity (Wildman–Crippen MR) is 90.7 cm³/mol. The van der Waals surface area contributed by atoms with Crippen LogP contribution in [0.4, 0.5) is 0 Å². The van der Waals surface area contributed by atoms with Gasteiger partial charge in [0.05, 0.1) is 6.04 Å². The molecule has 1 heterocycles. The average molecular weight is 350 g/mol. The maximum atomic E-state index is 3.64. The highest BCUT2D eigenvalue weighted by atomic mass is 79.9. The molecule has 106 valence electrons. The summed E-state index contributed by atoms with van der Waals surface area (Å²) in [5, 5.41) is 3.64. The standard InChI is InChI=1S/C17H20BrNS/c1-3-19-17(16-10-15(18)11(2)20-16)14-8-7-12-5-4-6-13(12)9-14/h7-10,17,19H,3-6H2,1-2H3. The van der Waals surface area contributed by atoms with E-state index in [-0.39, 0.29) is 0 Å². The Balaban J connectivity index is 1.98. The van der Waals surface area contributed by atoms with Crippen LogP contribution in [0, 0.1) is 6.92 Å². The molecular formula is C17H20BrNS. The first-order valence-electron chi connectivity index (χ1n) is 7.30. The van der Waals surface area contributed by atoms with Gasteiger partial charge in [0, 0.05) is 14.2 Å². The van der Waals surface area contributed by atoms with Gasteiger partial charge in [0.1, 0.15) is 0 Å². The Hall–Kier alpha value is -0.640. The Kier molecular flexibility index (Phi) is 4.29. The van der Waals surface area contributed by atoms with E-state index in [1.54, 1.807) is 11.1 Å². The second kappa shape index (κ2) is 6.00. The Morgan fingerprint density at radius 1 is 1.25 bits per heavy atom. The Morgan fingerprint density at radius 2 is 2.05 bits per heavy atom. The molecule has 1 atom stereocenters. The highest BCUT2D eigenvalue weighted by molar-refractivity contribution is 9.10. The van der Waals surface area contributed by atoms with Crippen LogP contribution in [0.3, 0.4) is 0 Å². The van der Waals surface area contributed by atoms with Gasteiger partial charge in [-0.25, -0.2) is 0 Å². The van der Waals surface area contributed by atoms with Gasteiger partial charge in [-0.15, -0.1) is 11.3 Å². The molecule has 1 unspecified atom stereocenters. The quantitative estimate of drug-likeness (QED) is 0.818. The van der Waals surface area contributed by atoms with E-state index in [0.717, 1.165) is 6.54 Å². The minimum absolute atomic E-state index is 0.320. The third-order valence-electron chi connectivity index (χ3n) is 4.02. The Bertz CT molecular complexity index is 598. The molecule has 1 aromatic carbocycles. The molecule has 2 aromatic rings. The molecule has 3 heteroatoms. The van der Waals surface area contributed by atoms with Gasteiger partial charge in [-0.2, -0.15) is 0 Å². The van der Waals surface area contributed by atoms with Gasteiger partial charge in [-0.3, -0.25) is 0 Å². The summed E-state index contributed by atoms with van der Waals surface area (Å²) < 4.78 is 1.22. The van der Waals surface area contributed by atoms with Crippen molar-refractivity contribution in [1.82, 2.24) is 5.32 Å². The largest absolute Gasteiger partial charge is 0.306 e. The van der Waals surface area contributed by atoms with Crippen molar-refractivity contribution in [3.63, 3.8) is 0 Å².